The number of nitrogens with zero attached hydrogens (tertiary/aromatic N) is 1. The Kier molecular flexibility index (Phi) is 5.27. The van der Waals surface area contributed by atoms with E-state index in [1.807, 2.05) is 62.4 Å². The Hall–Kier alpha value is -2.42. The fourth-order valence-corrected chi connectivity index (χ4v) is 2.04. The lowest BCUT2D eigenvalue weighted by molar-refractivity contribution is -0.121. The van der Waals surface area contributed by atoms with Crippen molar-refractivity contribution in [2.24, 2.45) is 5.10 Å². The lowest BCUT2D eigenvalue weighted by Crippen LogP contribution is -2.19. The molecule has 108 valence electrons. The zero-order valence-electron chi connectivity index (χ0n) is 12.5. The quantitative estimate of drug-likeness (QED) is 0.661. The average molecular weight is 280 g/mol. The summed E-state index contributed by atoms with van der Waals surface area (Å²) < 4.78 is 0. The highest BCUT2D eigenvalue weighted by Crippen LogP contribution is 2.05. The highest BCUT2D eigenvalue weighted by molar-refractivity contribution is 5.99. The monoisotopic (exact) mass is 280 g/mol. The maximum absolute atomic E-state index is 11.8. The Morgan fingerprint density at radius 3 is 2.57 bits per heavy atom. The van der Waals surface area contributed by atoms with Crippen molar-refractivity contribution in [2.45, 2.75) is 26.7 Å². The van der Waals surface area contributed by atoms with Gasteiger partial charge in [0.2, 0.25) is 5.91 Å². The molecule has 1 N–H and O–H groups in total. The summed E-state index contributed by atoms with van der Waals surface area (Å²) in [5.74, 6) is -0.0640. The van der Waals surface area contributed by atoms with Gasteiger partial charge in [0, 0.05) is 6.42 Å². The summed E-state index contributed by atoms with van der Waals surface area (Å²) >= 11 is 0. The molecule has 0 bridgehead atoms. The van der Waals surface area contributed by atoms with E-state index in [0.29, 0.717) is 6.42 Å². The van der Waals surface area contributed by atoms with Crippen molar-refractivity contribution in [3.05, 3.63) is 71.3 Å². The Morgan fingerprint density at radius 2 is 1.86 bits per heavy atom. The summed E-state index contributed by atoms with van der Waals surface area (Å²) in [4.78, 5) is 11.8. The van der Waals surface area contributed by atoms with Gasteiger partial charge in [-0.15, -0.1) is 0 Å². The topological polar surface area (TPSA) is 41.5 Å². The van der Waals surface area contributed by atoms with E-state index in [9.17, 15) is 4.79 Å². The fourth-order valence-electron chi connectivity index (χ4n) is 2.04. The lowest BCUT2D eigenvalue weighted by atomic mass is 10.1. The van der Waals surface area contributed by atoms with Crippen molar-refractivity contribution in [3.8, 4) is 0 Å². The molecule has 2 aromatic carbocycles. The number of hydrogen-bond donors (Lipinski definition) is 1. The minimum absolute atomic E-state index is 0.0640. The third-order valence-corrected chi connectivity index (χ3v) is 3.27. The van der Waals surface area contributed by atoms with Gasteiger partial charge in [-0.3, -0.25) is 4.79 Å². The molecule has 0 aliphatic heterocycles. The van der Waals surface area contributed by atoms with Gasteiger partial charge in [0.05, 0.1) is 5.71 Å². The molecule has 0 unspecified atom stereocenters. The molecule has 21 heavy (non-hydrogen) atoms. The van der Waals surface area contributed by atoms with Crippen LogP contribution in [0.25, 0.3) is 0 Å². The van der Waals surface area contributed by atoms with Crippen molar-refractivity contribution in [3.63, 3.8) is 0 Å². The Labute approximate surface area is 125 Å². The van der Waals surface area contributed by atoms with Crippen LogP contribution in [-0.2, 0) is 11.2 Å². The largest absolute Gasteiger partial charge is 0.273 e. The first kappa shape index (κ1) is 15.0. The van der Waals surface area contributed by atoms with E-state index in [4.69, 9.17) is 0 Å². The van der Waals surface area contributed by atoms with Gasteiger partial charge < -0.3 is 0 Å². The minimum Gasteiger partial charge on any atom is -0.273 e. The van der Waals surface area contributed by atoms with Gasteiger partial charge in [0.25, 0.3) is 0 Å². The van der Waals surface area contributed by atoms with E-state index >= 15 is 0 Å². The summed E-state index contributed by atoms with van der Waals surface area (Å²) in [7, 11) is 0. The molecule has 0 fully saturated rings. The van der Waals surface area contributed by atoms with Crippen molar-refractivity contribution in [1.29, 1.82) is 0 Å². The third-order valence-electron chi connectivity index (χ3n) is 3.27. The summed E-state index contributed by atoms with van der Waals surface area (Å²) in [5, 5.41) is 4.16. The van der Waals surface area contributed by atoms with Gasteiger partial charge in [-0.05, 0) is 31.4 Å². The maximum Gasteiger partial charge on any atom is 0.240 e. The van der Waals surface area contributed by atoms with Crippen molar-refractivity contribution in [1.82, 2.24) is 5.43 Å². The lowest BCUT2D eigenvalue weighted by Gasteiger charge is -2.04. The van der Waals surface area contributed by atoms with Crippen LogP contribution in [0.3, 0.4) is 0 Å². The molecule has 3 nitrogen and oxygen atoms in total. The minimum atomic E-state index is -0.0640. The molecule has 1 amide bonds. The van der Waals surface area contributed by atoms with Crippen molar-refractivity contribution in [2.75, 3.05) is 0 Å². The molecule has 0 atom stereocenters. The molecule has 2 rings (SSSR count). The van der Waals surface area contributed by atoms with E-state index in [2.05, 4.69) is 16.6 Å². The standard InChI is InChI=1S/C18H20N2O/c1-14-7-6-10-17(13-14)15(2)19-20-18(21)12-11-16-8-4-3-5-9-16/h3-10,13H,11-12H2,1-2H3,(H,20,21). The molecule has 0 aliphatic carbocycles. The first-order valence-corrected chi connectivity index (χ1v) is 7.09. The van der Waals surface area contributed by atoms with Crippen molar-refractivity contribution >= 4 is 11.6 Å². The van der Waals surface area contributed by atoms with Crippen LogP contribution in [0, 0.1) is 6.92 Å². The second-order valence-corrected chi connectivity index (χ2v) is 5.09. The van der Waals surface area contributed by atoms with E-state index < -0.39 is 0 Å². The first-order valence-electron chi connectivity index (χ1n) is 7.09. The van der Waals surface area contributed by atoms with E-state index in [-0.39, 0.29) is 5.91 Å². The number of amides is 1. The summed E-state index contributed by atoms with van der Waals surface area (Å²) in [6.07, 6.45) is 1.17. The molecule has 0 aliphatic rings. The SMILES string of the molecule is CC(=NNC(=O)CCc1ccccc1)c1cccc(C)c1. The van der Waals surface area contributed by atoms with E-state index in [1.54, 1.807) is 0 Å². The molecule has 2 aromatic rings. The van der Waals surface area contributed by atoms with Crippen molar-refractivity contribution < 1.29 is 4.79 Å². The number of carbonyl (C=O) groups is 1. The van der Waals surface area contributed by atoms with Gasteiger partial charge in [0.1, 0.15) is 0 Å². The zero-order valence-corrected chi connectivity index (χ0v) is 12.5. The van der Waals surface area contributed by atoms with Crippen LogP contribution in [0.5, 0.6) is 0 Å². The molecule has 0 saturated carbocycles. The van der Waals surface area contributed by atoms with Crippen LogP contribution in [0.4, 0.5) is 0 Å². The highest BCUT2D eigenvalue weighted by atomic mass is 16.2. The van der Waals surface area contributed by atoms with Crippen LogP contribution in [-0.4, -0.2) is 11.6 Å². The molecule has 0 saturated heterocycles. The molecule has 0 spiro atoms. The molecular weight excluding hydrogens is 260 g/mol. The number of aryl methyl sites for hydroxylation is 2. The zero-order chi connectivity index (χ0) is 15.1. The predicted octanol–water partition coefficient (Wildman–Crippen LogP) is 3.47. The van der Waals surface area contributed by atoms with Crippen LogP contribution >= 0.6 is 0 Å². The molecule has 0 heterocycles. The molecule has 0 aromatic heterocycles. The number of carbonyl (C=O) groups excluding carboxylic acids is 1. The number of rotatable bonds is 5. The predicted molar refractivity (Wildman–Crippen MR) is 86.3 cm³/mol. The van der Waals surface area contributed by atoms with Gasteiger partial charge in [-0.1, -0.05) is 60.2 Å². The fraction of sp³-hybridized carbons (Fsp3) is 0.222. The Morgan fingerprint density at radius 1 is 1.10 bits per heavy atom. The highest BCUT2D eigenvalue weighted by Gasteiger charge is 2.02. The van der Waals surface area contributed by atoms with Crippen LogP contribution < -0.4 is 5.43 Å². The van der Waals surface area contributed by atoms with Crippen LogP contribution in [0.2, 0.25) is 0 Å². The number of nitrogens with one attached hydrogen (secondary N) is 1. The summed E-state index contributed by atoms with van der Waals surface area (Å²) in [6, 6.07) is 18.0. The Balaban J connectivity index is 1.87. The van der Waals surface area contributed by atoms with Gasteiger partial charge in [-0.25, -0.2) is 5.43 Å². The van der Waals surface area contributed by atoms with Gasteiger partial charge in [0.15, 0.2) is 0 Å². The second kappa shape index (κ2) is 7.39. The summed E-state index contributed by atoms with van der Waals surface area (Å²) in [5.41, 5.74) is 6.80. The summed E-state index contributed by atoms with van der Waals surface area (Å²) in [6.45, 7) is 3.93. The number of hydrogen-bond acceptors (Lipinski definition) is 2. The number of hydrazone groups is 1. The van der Waals surface area contributed by atoms with Crippen LogP contribution in [0.15, 0.2) is 59.7 Å². The first-order chi connectivity index (χ1) is 10.1. The molecule has 0 radical (unpaired) electrons. The van der Waals surface area contributed by atoms with E-state index in [1.165, 1.54) is 5.56 Å². The molecule has 3 heteroatoms. The molecular formula is C18H20N2O. The second-order valence-electron chi connectivity index (χ2n) is 5.09. The van der Waals surface area contributed by atoms with Gasteiger partial charge >= 0.3 is 0 Å². The van der Waals surface area contributed by atoms with Crippen LogP contribution in [0.1, 0.15) is 30.0 Å². The average Bonchev–Trinajstić information content (AvgIpc) is 2.51. The smallest absolute Gasteiger partial charge is 0.240 e. The maximum atomic E-state index is 11.8. The Bertz CT molecular complexity index is 633. The number of benzene rings is 2. The van der Waals surface area contributed by atoms with Gasteiger partial charge in [-0.2, -0.15) is 5.10 Å². The third kappa shape index (κ3) is 4.88. The normalized spacial score (nSPS) is 11.2. The van der Waals surface area contributed by atoms with E-state index in [0.717, 1.165) is 23.3 Å².